The molecule has 0 aliphatic heterocycles. The molecule has 0 amide bonds. The maximum atomic E-state index is 10.5. The fourth-order valence-electron chi connectivity index (χ4n) is 2.55. The summed E-state index contributed by atoms with van der Waals surface area (Å²) in [5, 5.41) is 0. The highest BCUT2D eigenvalue weighted by molar-refractivity contribution is 7.85. The van der Waals surface area contributed by atoms with Gasteiger partial charge in [0, 0.05) is 6.61 Å². The predicted molar refractivity (Wildman–Crippen MR) is 102 cm³/mol. The van der Waals surface area contributed by atoms with Crippen LogP contribution in [0.4, 0.5) is 0 Å². The van der Waals surface area contributed by atoms with Crippen LogP contribution in [0.15, 0.2) is 12.2 Å². The molecule has 0 saturated carbocycles. The van der Waals surface area contributed by atoms with Gasteiger partial charge in [-0.1, -0.05) is 70.4 Å². The first-order valence-corrected chi connectivity index (χ1v) is 11.3. The molecule has 0 radical (unpaired) electrons. The van der Waals surface area contributed by atoms with Crippen LogP contribution in [0.3, 0.4) is 0 Å². The predicted octanol–water partition coefficient (Wildman–Crippen LogP) is 5.54. The molecule has 0 rings (SSSR count). The van der Waals surface area contributed by atoms with Gasteiger partial charge in [0.1, 0.15) is 0 Å². The Morgan fingerprint density at radius 3 is 2.04 bits per heavy atom. The monoisotopic (exact) mass is 362 g/mol. The zero-order chi connectivity index (χ0) is 17.9. The Balaban J connectivity index is 3.14. The molecule has 0 fully saturated rings. The first kappa shape index (κ1) is 23.6. The molecule has 0 heterocycles. The van der Waals surface area contributed by atoms with Gasteiger partial charge in [0.15, 0.2) is 0 Å². The largest absolute Gasteiger partial charge is 0.381 e. The van der Waals surface area contributed by atoms with E-state index in [0.29, 0.717) is 6.42 Å². The van der Waals surface area contributed by atoms with Crippen LogP contribution in [0.25, 0.3) is 0 Å². The highest BCUT2D eigenvalue weighted by atomic mass is 32.2. The van der Waals surface area contributed by atoms with Gasteiger partial charge in [-0.2, -0.15) is 8.42 Å². The molecule has 144 valence electrons. The third-order valence-corrected chi connectivity index (χ3v) is 4.82. The highest BCUT2D eigenvalue weighted by Gasteiger charge is 2.02. The second kappa shape index (κ2) is 17.4. The maximum Gasteiger partial charge on any atom is 0.264 e. The van der Waals surface area contributed by atoms with Crippen LogP contribution in [0.5, 0.6) is 0 Å². The minimum absolute atomic E-state index is 0.112. The zero-order valence-electron chi connectivity index (χ0n) is 15.5. The summed E-state index contributed by atoms with van der Waals surface area (Å²) in [6, 6.07) is 0. The molecule has 0 spiro atoms. The van der Waals surface area contributed by atoms with Crippen molar-refractivity contribution >= 4 is 10.1 Å². The van der Waals surface area contributed by atoms with Gasteiger partial charge < -0.3 is 4.74 Å². The molecule has 0 aromatic rings. The number of rotatable bonds is 18. The van der Waals surface area contributed by atoms with Gasteiger partial charge in [-0.05, 0) is 32.1 Å². The van der Waals surface area contributed by atoms with E-state index in [-0.39, 0.29) is 5.75 Å². The van der Waals surface area contributed by atoms with E-state index in [4.69, 9.17) is 9.29 Å². The van der Waals surface area contributed by atoms with Gasteiger partial charge in [-0.3, -0.25) is 4.55 Å². The lowest BCUT2D eigenvalue weighted by Crippen LogP contribution is -2.03. The summed E-state index contributed by atoms with van der Waals surface area (Å²) < 4.78 is 35.3. The van der Waals surface area contributed by atoms with Crippen LogP contribution in [0, 0.1) is 0 Å². The molecule has 0 aliphatic carbocycles. The SMILES string of the molecule is CCCCCCCCCOCC/C=C/CCCCCCS(=O)(=O)O. The fourth-order valence-corrected chi connectivity index (χ4v) is 3.12. The maximum absolute atomic E-state index is 10.5. The molecule has 0 saturated heterocycles. The van der Waals surface area contributed by atoms with Gasteiger partial charge in [0.25, 0.3) is 10.1 Å². The number of allylic oxidation sites excluding steroid dienone is 1. The van der Waals surface area contributed by atoms with Crippen molar-refractivity contribution in [3.8, 4) is 0 Å². The Labute approximate surface area is 149 Å². The summed E-state index contributed by atoms with van der Waals surface area (Å²) >= 11 is 0. The van der Waals surface area contributed by atoms with Crippen LogP contribution in [-0.2, 0) is 14.9 Å². The summed E-state index contributed by atoms with van der Waals surface area (Å²) in [7, 11) is -3.77. The van der Waals surface area contributed by atoms with E-state index in [1.807, 2.05) is 0 Å². The molecule has 0 aromatic heterocycles. The average molecular weight is 363 g/mol. The van der Waals surface area contributed by atoms with Crippen LogP contribution >= 0.6 is 0 Å². The summed E-state index contributed by atoms with van der Waals surface area (Å²) in [4.78, 5) is 0. The van der Waals surface area contributed by atoms with Crippen molar-refractivity contribution in [2.45, 2.75) is 90.4 Å². The zero-order valence-corrected chi connectivity index (χ0v) is 16.4. The van der Waals surface area contributed by atoms with Gasteiger partial charge in [-0.15, -0.1) is 0 Å². The third-order valence-electron chi connectivity index (χ3n) is 4.01. The van der Waals surface area contributed by atoms with Crippen LogP contribution in [0.1, 0.15) is 90.4 Å². The number of hydrogen-bond acceptors (Lipinski definition) is 3. The first-order chi connectivity index (χ1) is 11.6. The first-order valence-electron chi connectivity index (χ1n) is 9.74. The van der Waals surface area contributed by atoms with E-state index in [1.165, 1.54) is 44.9 Å². The summed E-state index contributed by atoms with van der Waals surface area (Å²) in [6.07, 6.45) is 19.1. The number of ether oxygens (including phenoxy) is 1. The normalized spacial score (nSPS) is 12.2. The lowest BCUT2D eigenvalue weighted by molar-refractivity contribution is 0.134. The van der Waals surface area contributed by atoms with E-state index in [0.717, 1.165) is 45.3 Å². The minimum atomic E-state index is -3.77. The number of hydrogen-bond donors (Lipinski definition) is 1. The molecule has 24 heavy (non-hydrogen) atoms. The van der Waals surface area contributed by atoms with Gasteiger partial charge in [0.05, 0.1) is 12.4 Å². The van der Waals surface area contributed by atoms with Crippen molar-refractivity contribution in [3.05, 3.63) is 12.2 Å². The van der Waals surface area contributed by atoms with Crippen molar-refractivity contribution in [3.63, 3.8) is 0 Å². The van der Waals surface area contributed by atoms with Gasteiger partial charge >= 0.3 is 0 Å². The number of unbranched alkanes of at least 4 members (excludes halogenated alkanes) is 10. The van der Waals surface area contributed by atoms with Crippen molar-refractivity contribution in [1.29, 1.82) is 0 Å². The Kier molecular flexibility index (Phi) is 17.2. The molecule has 5 heteroatoms. The lowest BCUT2D eigenvalue weighted by atomic mass is 10.1. The standard InChI is InChI=1S/C19H38O4S/c1-2-3-4-5-8-11-14-17-23-18-15-12-9-6-7-10-13-16-19-24(20,21)22/h9,12H,2-8,10-11,13-19H2,1H3,(H,20,21,22)/b12-9+. The van der Waals surface area contributed by atoms with Crippen molar-refractivity contribution in [2.24, 2.45) is 0 Å². The molecule has 1 N–H and O–H groups in total. The second-order valence-electron chi connectivity index (χ2n) is 6.48. The van der Waals surface area contributed by atoms with Crippen molar-refractivity contribution < 1.29 is 17.7 Å². The molecular weight excluding hydrogens is 324 g/mol. The molecule has 0 aromatic carbocycles. The summed E-state index contributed by atoms with van der Waals surface area (Å²) in [5.74, 6) is -0.112. The molecule has 0 bridgehead atoms. The molecule has 0 aliphatic rings. The second-order valence-corrected chi connectivity index (χ2v) is 8.05. The fraction of sp³-hybridized carbons (Fsp3) is 0.895. The Morgan fingerprint density at radius 2 is 1.33 bits per heavy atom. The Bertz CT molecular complexity index is 377. The molecule has 0 atom stereocenters. The van der Waals surface area contributed by atoms with Gasteiger partial charge in [-0.25, -0.2) is 0 Å². The topological polar surface area (TPSA) is 63.6 Å². The Morgan fingerprint density at radius 1 is 0.750 bits per heavy atom. The minimum Gasteiger partial charge on any atom is -0.381 e. The third kappa shape index (κ3) is 21.6. The van der Waals surface area contributed by atoms with Crippen molar-refractivity contribution in [2.75, 3.05) is 19.0 Å². The quantitative estimate of drug-likeness (QED) is 0.197. The van der Waals surface area contributed by atoms with Crippen LogP contribution in [0.2, 0.25) is 0 Å². The highest BCUT2D eigenvalue weighted by Crippen LogP contribution is 2.07. The van der Waals surface area contributed by atoms with E-state index in [1.54, 1.807) is 0 Å². The van der Waals surface area contributed by atoms with E-state index >= 15 is 0 Å². The van der Waals surface area contributed by atoms with E-state index in [2.05, 4.69) is 19.1 Å². The van der Waals surface area contributed by atoms with Crippen LogP contribution in [-0.4, -0.2) is 31.9 Å². The van der Waals surface area contributed by atoms with Crippen LogP contribution < -0.4 is 0 Å². The smallest absolute Gasteiger partial charge is 0.264 e. The summed E-state index contributed by atoms with van der Waals surface area (Å²) in [6.45, 7) is 3.94. The molecule has 4 nitrogen and oxygen atoms in total. The molecular formula is C19H38O4S. The average Bonchev–Trinajstić information content (AvgIpc) is 2.52. The molecule has 0 unspecified atom stereocenters. The van der Waals surface area contributed by atoms with Gasteiger partial charge in [0.2, 0.25) is 0 Å². The lowest BCUT2D eigenvalue weighted by Gasteiger charge is -2.03. The summed E-state index contributed by atoms with van der Waals surface area (Å²) in [5.41, 5.74) is 0. The Hall–Kier alpha value is -0.390. The van der Waals surface area contributed by atoms with Crippen molar-refractivity contribution in [1.82, 2.24) is 0 Å². The van der Waals surface area contributed by atoms with E-state index < -0.39 is 10.1 Å². The van der Waals surface area contributed by atoms with E-state index in [9.17, 15) is 8.42 Å².